The fourth-order valence-corrected chi connectivity index (χ4v) is 4.02. The zero-order chi connectivity index (χ0) is 18.6. The van der Waals surface area contributed by atoms with Crippen molar-refractivity contribution < 1.29 is 0 Å². The standard InChI is InChI=1S/C23H39N3/c1-20(17-18-24-2)26(23-15-8-5-9-16-23)19-22(25-3)14-10-13-21-11-6-4-7-12-21/h8,10,14-16,20-21,24H,4-7,9,11-13,17-19H2,1-3H3/b14-10-,25-22?/t20-/m0/s1. The molecule has 1 N–H and O–H groups in total. The summed E-state index contributed by atoms with van der Waals surface area (Å²) >= 11 is 0. The second-order valence-electron chi connectivity index (χ2n) is 7.83. The summed E-state index contributed by atoms with van der Waals surface area (Å²) < 4.78 is 0. The Balaban J connectivity index is 1.96. The molecule has 1 atom stereocenters. The SMILES string of the molecule is CN=C(/C=C\CC1CCCCC1)CN(C1=CCCC=C1)[C@@H](C)CCNC. The average Bonchev–Trinajstić information content (AvgIpc) is 2.70. The number of nitrogens with zero attached hydrogens (tertiary/aromatic N) is 2. The highest BCUT2D eigenvalue weighted by Crippen LogP contribution is 2.26. The van der Waals surface area contributed by atoms with Crippen LogP contribution in [-0.2, 0) is 0 Å². The molecular weight excluding hydrogens is 318 g/mol. The molecule has 2 rings (SSSR count). The Labute approximate surface area is 161 Å². The lowest BCUT2D eigenvalue weighted by molar-refractivity contribution is 0.293. The van der Waals surface area contributed by atoms with Gasteiger partial charge in [0.2, 0.25) is 0 Å². The number of hydrogen-bond acceptors (Lipinski definition) is 3. The van der Waals surface area contributed by atoms with Crippen molar-refractivity contribution in [2.45, 2.75) is 70.8 Å². The molecule has 1 fully saturated rings. The fraction of sp³-hybridized carbons (Fsp3) is 0.696. The Bertz CT molecular complexity index is 510. The maximum absolute atomic E-state index is 4.59. The molecule has 1 saturated carbocycles. The van der Waals surface area contributed by atoms with Gasteiger partial charge in [-0.3, -0.25) is 4.99 Å². The molecule has 0 aromatic rings. The first kappa shape index (κ1) is 21.0. The monoisotopic (exact) mass is 357 g/mol. The van der Waals surface area contributed by atoms with E-state index < -0.39 is 0 Å². The second kappa shape index (κ2) is 12.1. The number of aliphatic imine (C=N–C) groups is 1. The second-order valence-corrected chi connectivity index (χ2v) is 7.83. The third-order valence-electron chi connectivity index (χ3n) is 5.78. The van der Waals surface area contributed by atoms with E-state index in [0.717, 1.165) is 38.3 Å². The maximum Gasteiger partial charge on any atom is 0.0600 e. The molecule has 0 saturated heterocycles. The zero-order valence-electron chi connectivity index (χ0n) is 17.2. The minimum Gasteiger partial charge on any atom is -0.363 e. The molecule has 2 aliphatic rings. The van der Waals surface area contributed by atoms with E-state index in [0.29, 0.717) is 6.04 Å². The van der Waals surface area contributed by atoms with Crippen molar-refractivity contribution in [1.82, 2.24) is 10.2 Å². The first-order valence-corrected chi connectivity index (χ1v) is 10.6. The van der Waals surface area contributed by atoms with Crippen LogP contribution in [0.25, 0.3) is 0 Å². The van der Waals surface area contributed by atoms with Crippen LogP contribution in [0.1, 0.15) is 64.7 Å². The Morgan fingerprint density at radius 2 is 2.12 bits per heavy atom. The summed E-state index contributed by atoms with van der Waals surface area (Å²) in [5.74, 6) is 0.896. The van der Waals surface area contributed by atoms with Crippen LogP contribution in [0, 0.1) is 5.92 Å². The topological polar surface area (TPSA) is 27.6 Å². The third-order valence-corrected chi connectivity index (χ3v) is 5.78. The lowest BCUT2D eigenvalue weighted by Gasteiger charge is -2.33. The van der Waals surface area contributed by atoms with Crippen molar-refractivity contribution >= 4 is 5.71 Å². The smallest absolute Gasteiger partial charge is 0.0600 e. The van der Waals surface area contributed by atoms with E-state index in [9.17, 15) is 0 Å². The van der Waals surface area contributed by atoms with E-state index in [-0.39, 0.29) is 0 Å². The van der Waals surface area contributed by atoms with E-state index in [2.05, 4.69) is 52.5 Å². The molecule has 0 aliphatic heterocycles. The molecule has 0 bridgehead atoms. The molecule has 0 aromatic heterocycles. The molecular formula is C23H39N3. The van der Waals surface area contributed by atoms with Gasteiger partial charge in [0.05, 0.1) is 12.3 Å². The molecule has 0 amide bonds. The van der Waals surface area contributed by atoms with Crippen LogP contribution in [-0.4, -0.2) is 43.8 Å². The van der Waals surface area contributed by atoms with Gasteiger partial charge >= 0.3 is 0 Å². The summed E-state index contributed by atoms with van der Waals surface area (Å²) in [5, 5.41) is 3.29. The van der Waals surface area contributed by atoms with Crippen LogP contribution >= 0.6 is 0 Å². The number of rotatable bonds is 10. The summed E-state index contributed by atoms with van der Waals surface area (Å²) in [7, 11) is 3.96. The van der Waals surface area contributed by atoms with Crippen molar-refractivity contribution in [3.05, 3.63) is 36.1 Å². The summed E-state index contributed by atoms with van der Waals surface area (Å²) in [6, 6.07) is 0.500. The molecule has 0 spiro atoms. The highest BCUT2D eigenvalue weighted by Gasteiger charge is 2.17. The molecule has 0 radical (unpaired) electrons. The van der Waals surface area contributed by atoms with Gasteiger partial charge in [-0.15, -0.1) is 0 Å². The van der Waals surface area contributed by atoms with Gasteiger partial charge in [-0.2, -0.15) is 0 Å². The molecule has 0 unspecified atom stereocenters. The molecule has 3 heteroatoms. The summed E-state index contributed by atoms with van der Waals surface area (Å²) in [6.07, 6.45) is 23.4. The largest absolute Gasteiger partial charge is 0.363 e. The quantitative estimate of drug-likeness (QED) is 0.550. The maximum atomic E-state index is 4.59. The molecule has 146 valence electrons. The van der Waals surface area contributed by atoms with Crippen LogP contribution in [0.15, 0.2) is 41.1 Å². The lowest BCUT2D eigenvalue weighted by atomic mass is 9.87. The summed E-state index contributed by atoms with van der Waals surface area (Å²) in [6.45, 7) is 4.28. The molecule has 26 heavy (non-hydrogen) atoms. The third kappa shape index (κ3) is 7.11. The van der Waals surface area contributed by atoms with E-state index in [4.69, 9.17) is 0 Å². The summed E-state index contributed by atoms with van der Waals surface area (Å²) in [4.78, 5) is 7.12. The van der Waals surface area contributed by atoms with Gasteiger partial charge in [0.15, 0.2) is 0 Å². The van der Waals surface area contributed by atoms with E-state index in [1.165, 1.54) is 49.9 Å². The highest BCUT2D eigenvalue weighted by molar-refractivity contribution is 5.96. The molecule has 0 heterocycles. The Kier molecular flexibility index (Phi) is 9.76. The lowest BCUT2D eigenvalue weighted by Crippen LogP contribution is -2.37. The number of hydrogen-bond donors (Lipinski definition) is 1. The molecule has 0 aromatic carbocycles. The fourth-order valence-electron chi connectivity index (χ4n) is 4.02. The van der Waals surface area contributed by atoms with Gasteiger partial charge < -0.3 is 10.2 Å². The van der Waals surface area contributed by atoms with Crippen LogP contribution in [0.5, 0.6) is 0 Å². The molecule has 3 nitrogen and oxygen atoms in total. The van der Waals surface area contributed by atoms with Gasteiger partial charge in [0.1, 0.15) is 0 Å². The van der Waals surface area contributed by atoms with Gasteiger partial charge in [0.25, 0.3) is 0 Å². The first-order valence-electron chi connectivity index (χ1n) is 10.6. The Hall–Kier alpha value is -1.35. The van der Waals surface area contributed by atoms with Crippen LogP contribution in [0.2, 0.25) is 0 Å². The predicted octanol–water partition coefficient (Wildman–Crippen LogP) is 5.12. The van der Waals surface area contributed by atoms with Crippen molar-refractivity contribution in [3.63, 3.8) is 0 Å². The molecule has 2 aliphatic carbocycles. The normalized spacial score (nSPS) is 20.4. The van der Waals surface area contributed by atoms with Crippen molar-refractivity contribution in [3.8, 4) is 0 Å². The summed E-state index contributed by atoms with van der Waals surface area (Å²) in [5.41, 5.74) is 2.55. The zero-order valence-corrected chi connectivity index (χ0v) is 17.2. The van der Waals surface area contributed by atoms with Crippen LogP contribution < -0.4 is 5.32 Å². The van der Waals surface area contributed by atoms with Crippen molar-refractivity contribution in [2.24, 2.45) is 10.9 Å². The minimum atomic E-state index is 0.500. The average molecular weight is 358 g/mol. The van der Waals surface area contributed by atoms with Crippen molar-refractivity contribution in [2.75, 3.05) is 27.2 Å². The minimum absolute atomic E-state index is 0.500. The first-order chi connectivity index (χ1) is 12.7. The van der Waals surface area contributed by atoms with Gasteiger partial charge in [-0.1, -0.05) is 50.3 Å². The Morgan fingerprint density at radius 1 is 1.31 bits per heavy atom. The predicted molar refractivity (Wildman–Crippen MR) is 115 cm³/mol. The van der Waals surface area contributed by atoms with Gasteiger partial charge in [0, 0.05) is 18.8 Å². The number of nitrogens with one attached hydrogen (secondary N) is 1. The van der Waals surface area contributed by atoms with Crippen LogP contribution in [0.4, 0.5) is 0 Å². The van der Waals surface area contributed by atoms with E-state index >= 15 is 0 Å². The van der Waals surface area contributed by atoms with Gasteiger partial charge in [-0.25, -0.2) is 0 Å². The van der Waals surface area contributed by atoms with E-state index in [1.54, 1.807) is 0 Å². The Morgan fingerprint density at radius 3 is 2.77 bits per heavy atom. The van der Waals surface area contributed by atoms with Crippen LogP contribution in [0.3, 0.4) is 0 Å². The number of allylic oxidation sites excluding steroid dienone is 4. The van der Waals surface area contributed by atoms with Gasteiger partial charge in [-0.05, 0) is 64.3 Å². The van der Waals surface area contributed by atoms with E-state index in [1.807, 2.05) is 14.1 Å². The van der Waals surface area contributed by atoms with Crippen molar-refractivity contribution in [1.29, 1.82) is 0 Å². The highest BCUT2D eigenvalue weighted by atomic mass is 15.2.